The molecule has 2 atom stereocenters. The Kier molecular flexibility index (Phi) is 2.25. The predicted octanol–water partition coefficient (Wildman–Crippen LogP) is 0.178. The van der Waals surface area contributed by atoms with E-state index in [1.807, 2.05) is 5.41 Å². The number of carbonyl (C=O) groups excluding carboxylic acids is 2. The maximum absolute atomic E-state index is 11.5. The van der Waals surface area contributed by atoms with Crippen molar-refractivity contribution in [2.24, 2.45) is 0 Å². The summed E-state index contributed by atoms with van der Waals surface area (Å²) >= 11 is 0. The fourth-order valence-corrected chi connectivity index (χ4v) is 4.19. The van der Waals surface area contributed by atoms with Crippen molar-refractivity contribution in [3.8, 4) is 0 Å². The van der Waals surface area contributed by atoms with Crippen molar-refractivity contribution < 1.29 is 9.59 Å². The molecule has 0 aromatic carbocycles. The molecule has 2 unspecified atom stereocenters. The second-order valence-corrected chi connectivity index (χ2v) is 5.10. The monoisotopic (exact) mass is 216 g/mol. The molecule has 2 heterocycles. The number of nitrogens with zero attached hydrogens (tertiary/aromatic N) is 1. The van der Waals surface area contributed by atoms with Gasteiger partial charge in [-0.15, -0.1) is 0 Å². The fourth-order valence-electron chi connectivity index (χ4n) is 1.45. The summed E-state index contributed by atoms with van der Waals surface area (Å²) in [7, 11) is 4.95. The number of fused-ring (bicyclic) bond motifs is 1. The van der Waals surface area contributed by atoms with Crippen LogP contribution in [0.15, 0.2) is 11.1 Å². The molecule has 1 N–H and O–H groups in total. The Bertz CT molecular complexity index is 292. The van der Waals surface area contributed by atoms with Gasteiger partial charge < -0.3 is 10.2 Å². The summed E-state index contributed by atoms with van der Waals surface area (Å²) in [4.78, 5) is 23.4. The number of carbonyl (C=O) groups is 2. The zero-order valence-corrected chi connectivity index (χ0v) is 8.52. The highest BCUT2D eigenvalue weighted by Crippen LogP contribution is 2.46. The van der Waals surface area contributed by atoms with E-state index in [2.05, 4.69) is 5.32 Å². The molecule has 0 spiro atoms. The average Bonchev–Trinajstić information content (AvgIpc) is 2.66. The van der Waals surface area contributed by atoms with Gasteiger partial charge in [0.15, 0.2) is 0 Å². The van der Waals surface area contributed by atoms with E-state index in [1.54, 1.807) is 33.5 Å². The quantitative estimate of drug-likeness (QED) is 0.528. The van der Waals surface area contributed by atoms with Crippen LogP contribution in [0.2, 0.25) is 0 Å². The molecule has 70 valence electrons. The molecule has 2 rings (SSSR count). The molecule has 2 aliphatic heterocycles. The second kappa shape index (κ2) is 3.26. The van der Waals surface area contributed by atoms with E-state index in [4.69, 9.17) is 0 Å². The van der Waals surface area contributed by atoms with Gasteiger partial charge in [0.2, 0.25) is 6.41 Å². The molecule has 0 aliphatic carbocycles. The first-order valence-corrected chi connectivity index (χ1v) is 6.03. The summed E-state index contributed by atoms with van der Waals surface area (Å²) in [6.07, 6.45) is 0.586. The van der Waals surface area contributed by atoms with Gasteiger partial charge in [-0.3, -0.25) is 9.59 Å². The van der Waals surface area contributed by atoms with E-state index in [1.165, 1.54) is 0 Å². The molecule has 13 heavy (non-hydrogen) atoms. The van der Waals surface area contributed by atoms with Gasteiger partial charge in [0.05, 0.1) is 5.25 Å². The lowest BCUT2D eigenvalue weighted by Crippen LogP contribution is -2.40. The summed E-state index contributed by atoms with van der Waals surface area (Å²) in [6.45, 7) is 0. The number of rotatable bonds is 2. The standard InChI is InChI=1S/C7H8N2O2S2/c1-9-4-2-12-13-6(4)5(7(9)11)8-3-10/h2-3,5-6H,1H3,(H,8,10). The number of hydrogen-bond donors (Lipinski definition) is 1. The SMILES string of the molecule is CN1C(=O)C(NC=O)C2SSC=C21. The Balaban J connectivity index is 2.26. The van der Waals surface area contributed by atoms with Gasteiger partial charge in [-0.1, -0.05) is 21.6 Å². The molecule has 0 saturated carbocycles. The third-order valence-electron chi connectivity index (χ3n) is 2.15. The van der Waals surface area contributed by atoms with Crippen LogP contribution in [-0.2, 0) is 9.59 Å². The lowest BCUT2D eigenvalue weighted by molar-refractivity contribution is -0.128. The largest absolute Gasteiger partial charge is 0.346 e. The molecular weight excluding hydrogens is 208 g/mol. The van der Waals surface area contributed by atoms with Gasteiger partial charge in [0.1, 0.15) is 6.04 Å². The fraction of sp³-hybridized carbons (Fsp3) is 0.429. The van der Waals surface area contributed by atoms with Crippen molar-refractivity contribution in [1.82, 2.24) is 10.2 Å². The number of amides is 2. The van der Waals surface area contributed by atoms with Crippen LogP contribution >= 0.6 is 21.6 Å². The van der Waals surface area contributed by atoms with Crippen molar-refractivity contribution >= 4 is 33.9 Å². The summed E-state index contributed by atoms with van der Waals surface area (Å²) in [5, 5.41) is 4.60. The Morgan fingerprint density at radius 3 is 3.15 bits per heavy atom. The van der Waals surface area contributed by atoms with Gasteiger partial charge >= 0.3 is 0 Å². The third kappa shape index (κ3) is 1.24. The maximum atomic E-state index is 11.5. The van der Waals surface area contributed by atoms with Crippen LogP contribution in [0.1, 0.15) is 0 Å². The number of likely N-dealkylation sites (tertiary alicyclic amines) is 1. The first-order chi connectivity index (χ1) is 6.25. The van der Waals surface area contributed by atoms with Crippen LogP contribution in [0.4, 0.5) is 0 Å². The van der Waals surface area contributed by atoms with E-state index in [-0.39, 0.29) is 17.2 Å². The highest BCUT2D eigenvalue weighted by atomic mass is 33.1. The highest BCUT2D eigenvalue weighted by Gasteiger charge is 2.45. The first-order valence-electron chi connectivity index (χ1n) is 3.75. The van der Waals surface area contributed by atoms with Crippen LogP contribution in [0, 0.1) is 0 Å². The minimum atomic E-state index is -0.381. The van der Waals surface area contributed by atoms with E-state index in [0.29, 0.717) is 6.41 Å². The maximum Gasteiger partial charge on any atom is 0.250 e. The Morgan fingerprint density at radius 1 is 1.69 bits per heavy atom. The van der Waals surface area contributed by atoms with E-state index < -0.39 is 0 Å². The minimum Gasteiger partial charge on any atom is -0.346 e. The molecule has 0 bridgehead atoms. The van der Waals surface area contributed by atoms with Crippen molar-refractivity contribution in [2.45, 2.75) is 11.3 Å². The van der Waals surface area contributed by atoms with Gasteiger partial charge in [-0.05, 0) is 0 Å². The van der Waals surface area contributed by atoms with E-state index in [0.717, 1.165) is 5.70 Å². The van der Waals surface area contributed by atoms with Crippen molar-refractivity contribution in [2.75, 3.05) is 7.05 Å². The molecule has 1 fully saturated rings. The number of hydrogen-bond acceptors (Lipinski definition) is 4. The van der Waals surface area contributed by atoms with Crippen molar-refractivity contribution in [3.63, 3.8) is 0 Å². The zero-order valence-electron chi connectivity index (χ0n) is 6.89. The van der Waals surface area contributed by atoms with Crippen LogP contribution in [-0.4, -0.2) is 35.6 Å². The molecular formula is C7H8N2O2S2. The topological polar surface area (TPSA) is 49.4 Å². The normalized spacial score (nSPS) is 31.6. The highest BCUT2D eigenvalue weighted by molar-refractivity contribution is 8.78. The van der Waals surface area contributed by atoms with E-state index in [9.17, 15) is 9.59 Å². The summed E-state index contributed by atoms with van der Waals surface area (Å²) in [5.74, 6) is -0.0313. The second-order valence-electron chi connectivity index (χ2n) is 2.82. The summed E-state index contributed by atoms with van der Waals surface area (Å²) < 4.78 is 0. The molecule has 2 aliphatic rings. The number of nitrogens with one attached hydrogen (secondary N) is 1. The Morgan fingerprint density at radius 2 is 2.46 bits per heavy atom. The van der Waals surface area contributed by atoms with Crippen LogP contribution in [0.3, 0.4) is 0 Å². The van der Waals surface area contributed by atoms with Gasteiger partial charge in [-0.2, -0.15) is 0 Å². The van der Waals surface area contributed by atoms with E-state index >= 15 is 0 Å². The summed E-state index contributed by atoms with van der Waals surface area (Å²) in [5.41, 5.74) is 0.999. The lowest BCUT2D eigenvalue weighted by atomic mass is 10.2. The Hall–Kier alpha value is -0.620. The third-order valence-corrected chi connectivity index (χ3v) is 4.57. The Labute approximate surface area is 83.5 Å². The minimum absolute atomic E-state index is 0.0313. The van der Waals surface area contributed by atoms with Crippen LogP contribution in [0.5, 0.6) is 0 Å². The molecule has 0 aromatic rings. The number of likely N-dealkylation sites (N-methyl/N-ethyl adjacent to an activating group) is 1. The molecule has 6 heteroatoms. The van der Waals surface area contributed by atoms with Crippen molar-refractivity contribution in [3.05, 3.63) is 11.1 Å². The summed E-state index contributed by atoms with van der Waals surface area (Å²) in [6, 6.07) is -0.381. The molecule has 2 amide bonds. The van der Waals surface area contributed by atoms with Crippen molar-refractivity contribution in [1.29, 1.82) is 0 Å². The van der Waals surface area contributed by atoms with Gasteiger partial charge in [0, 0.05) is 18.2 Å². The average molecular weight is 216 g/mol. The molecule has 0 radical (unpaired) electrons. The van der Waals surface area contributed by atoms with Crippen LogP contribution < -0.4 is 5.32 Å². The molecule has 1 saturated heterocycles. The lowest BCUT2D eigenvalue weighted by Gasteiger charge is -2.10. The first kappa shape index (κ1) is 8.96. The van der Waals surface area contributed by atoms with Gasteiger partial charge in [-0.25, -0.2) is 0 Å². The predicted molar refractivity (Wildman–Crippen MR) is 52.8 cm³/mol. The molecule has 4 nitrogen and oxygen atoms in total. The van der Waals surface area contributed by atoms with Gasteiger partial charge in [0.25, 0.3) is 5.91 Å². The molecule has 0 aromatic heterocycles. The zero-order chi connectivity index (χ0) is 9.42. The smallest absolute Gasteiger partial charge is 0.250 e. The van der Waals surface area contributed by atoms with Crippen LogP contribution in [0.25, 0.3) is 0 Å².